The van der Waals surface area contributed by atoms with Crippen molar-refractivity contribution in [1.29, 1.82) is 0 Å². The van der Waals surface area contributed by atoms with E-state index in [0.29, 0.717) is 6.54 Å². The maximum atomic E-state index is 12.7. The fraction of sp³-hybridized carbons (Fsp3) is 0.714. The van der Waals surface area contributed by atoms with Gasteiger partial charge in [0, 0.05) is 24.7 Å². The van der Waals surface area contributed by atoms with Gasteiger partial charge in [-0.25, -0.2) is 4.98 Å². The third kappa shape index (κ3) is 3.15. The average Bonchev–Trinajstić information content (AvgIpc) is 2.84. The van der Waals surface area contributed by atoms with E-state index < -0.39 is 0 Å². The number of rotatable bonds is 4. The molecule has 106 valence electrons. The van der Waals surface area contributed by atoms with Crippen LogP contribution < -0.4 is 5.32 Å². The minimum atomic E-state index is -0.202. The Morgan fingerprint density at radius 1 is 1.63 bits per heavy atom. The second-order valence-electron chi connectivity index (χ2n) is 5.42. The molecule has 1 aliphatic heterocycles. The van der Waals surface area contributed by atoms with Crippen molar-refractivity contribution < 1.29 is 4.79 Å². The average molecular weight is 281 g/mol. The van der Waals surface area contributed by atoms with Gasteiger partial charge >= 0.3 is 0 Å². The van der Waals surface area contributed by atoms with Crippen LogP contribution in [-0.2, 0) is 11.3 Å². The van der Waals surface area contributed by atoms with E-state index in [0.717, 1.165) is 42.2 Å². The van der Waals surface area contributed by atoms with Crippen molar-refractivity contribution in [2.24, 2.45) is 5.41 Å². The van der Waals surface area contributed by atoms with Gasteiger partial charge in [-0.3, -0.25) is 4.79 Å². The van der Waals surface area contributed by atoms with Crippen LogP contribution in [0.3, 0.4) is 0 Å². The van der Waals surface area contributed by atoms with Crippen molar-refractivity contribution in [3.63, 3.8) is 0 Å². The number of aromatic nitrogens is 1. The van der Waals surface area contributed by atoms with Crippen LogP contribution in [0.25, 0.3) is 0 Å². The lowest BCUT2D eigenvalue weighted by molar-refractivity contribution is -0.142. The van der Waals surface area contributed by atoms with Crippen LogP contribution in [0.4, 0.5) is 0 Å². The Kier molecular flexibility index (Phi) is 4.58. The summed E-state index contributed by atoms with van der Waals surface area (Å²) in [6, 6.07) is 0. The summed E-state index contributed by atoms with van der Waals surface area (Å²) >= 11 is 1.67. The third-order valence-corrected chi connectivity index (χ3v) is 4.91. The summed E-state index contributed by atoms with van der Waals surface area (Å²) in [5.74, 6) is 0.272. The maximum absolute atomic E-state index is 12.7. The highest BCUT2D eigenvalue weighted by Gasteiger charge is 2.39. The first-order valence-electron chi connectivity index (χ1n) is 6.95. The van der Waals surface area contributed by atoms with Crippen molar-refractivity contribution in [3.05, 3.63) is 16.1 Å². The largest absolute Gasteiger partial charge is 0.340 e. The van der Waals surface area contributed by atoms with Crippen molar-refractivity contribution in [2.45, 2.75) is 39.7 Å². The zero-order valence-corrected chi connectivity index (χ0v) is 12.8. The van der Waals surface area contributed by atoms with Gasteiger partial charge in [-0.2, -0.15) is 0 Å². The molecule has 0 radical (unpaired) electrons. The molecular formula is C14H23N3OS. The molecule has 1 unspecified atom stereocenters. The topological polar surface area (TPSA) is 45.2 Å². The van der Waals surface area contributed by atoms with Gasteiger partial charge in [0.15, 0.2) is 0 Å². The first-order chi connectivity index (χ1) is 9.07. The molecular weight excluding hydrogens is 258 g/mol. The molecule has 1 atom stereocenters. The molecule has 1 aliphatic rings. The van der Waals surface area contributed by atoms with Crippen LogP contribution in [0.15, 0.2) is 6.20 Å². The smallest absolute Gasteiger partial charge is 0.230 e. The molecule has 1 fully saturated rings. The lowest BCUT2D eigenvalue weighted by atomic mass is 9.77. The van der Waals surface area contributed by atoms with Gasteiger partial charge in [0.25, 0.3) is 0 Å². The normalized spacial score (nSPS) is 23.3. The zero-order chi connectivity index (χ0) is 13.9. The highest BCUT2D eigenvalue weighted by Crippen LogP contribution is 2.32. The second kappa shape index (κ2) is 6.01. The van der Waals surface area contributed by atoms with Crippen LogP contribution in [0.5, 0.6) is 0 Å². The minimum Gasteiger partial charge on any atom is -0.340 e. The van der Waals surface area contributed by atoms with E-state index in [9.17, 15) is 4.79 Å². The number of carbonyl (C=O) groups excluding carboxylic acids is 1. The Hall–Kier alpha value is -0.940. The van der Waals surface area contributed by atoms with Gasteiger partial charge in [-0.05, 0) is 32.7 Å². The van der Waals surface area contributed by atoms with Crippen molar-refractivity contribution in [1.82, 2.24) is 15.2 Å². The summed E-state index contributed by atoms with van der Waals surface area (Å²) in [6.07, 6.45) is 4.88. The molecule has 1 N–H and O–H groups in total. The molecule has 0 aromatic carbocycles. The minimum absolute atomic E-state index is 0.202. The molecule has 2 rings (SSSR count). The number of aryl methyl sites for hydroxylation is 1. The van der Waals surface area contributed by atoms with Gasteiger partial charge in [-0.1, -0.05) is 6.92 Å². The Morgan fingerprint density at radius 2 is 2.42 bits per heavy atom. The summed E-state index contributed by atoms with van der Waals surface area (Å²) in [6.45, 7) is 6.64. The quantitative estimate of drug-likeness (QED) is 0.920. The molecule has 5 heteroatoms. The van der Waals surface area contributed by atoms with E-state index >= 15 is 0 Å². The summed E-state index contributed by atoms with van der Waals surface area (Å²) in [5, 5.41) is 4.43. The lowest BCUT2D eigenvalue weighted by Gasteiger charge is -2.38. The van der Waals surface area contributed by atoms with Crippen molar-refractivity contribution in [3.8, 4) is 0 Å². The van der Waals surface area contributed by atoms with E-state index in [-0.39, 0.29) is 11.3 Å². The molecule has 1 aromatic rings. The number of carbonyl (C=O) groups is 1. The van der Waals surface area contributed by atoms with Crippen LogP contribution in [0.2, 0.25) is 0 Å². The Morgan fingerprint density at radius 3 is 2.95 bits per heavy atom. The van der Waals surface area contributed by atoms with Crippen LogP contribution in [-0.4, -0.2) is 35.9 Å². The molecule has 1 aromatic heterocycles. The Bertz CT molecular complexity index is 438. The maximum Gasteiger partial charge on any atom is 0.230 e. The molecule has 2 heterocycles. The third-order valence-electron chi connectivity index (χ3n) is 4.01. The number of thiazole rings is 1. The number of amides is 1. The fourth-order valence-corrected chi connectivity index (χ4v) is 3.64. The van der Waals surface area contributed by atoms with Crippen molar-refractivity contribution in [2.75, 3.05) is 20.1 Å². The van der Waals surface area contributed by atoms with E-state index in [4.69, 9.17) is 0 Å². The summed E-state index contributed by atoms with van der Waals surface area (Å²) in [4.78, 5) is 20.0. The second-order valence-corrected chi connectivity index (χ2v) is 6.74. The number of nitrogens with zero attached hydrogens (tertiary/aromatic N) is 2. The highest BCUT2D eigenvalue weighted by atomic mass is 32.1. The fourth-order valence-electron chi connectivity index (χ4n) is 2.79. The van der Waals surface area contributed by atoms with E-state index in [1.807, 2.05) is 25.1 Å². The molecule has 0 bridgehead atoms. The molecule has 19 heavy (non-hydrogen) atoms. The Balaban J connectivity index is 2.04. The van der Waals surface area contributed by atoms with Gasteiger partial charge < -0.3 is 10.2 Å². The molecule has 0 aliphatic carbocycles. The Labute approximate surface area is 119 Å². The van der Waals surface area contributed by atoms with Crippen LogP contribution >= 0.6 is 11.3 Å². The predicted molar refractivity (Wildman–Crippen MR) is 78.2 cm³/mol. The molecule has 0 spiro atoms. The van der Waals surface area contributed by atoms with Gasteiger partial charge in [0.05, 0.1) is 17.0 Å². The number of hydrogen-bond donors (Lipinski definition) is 1. The standard InChI is InChI=1S/C14H23N3OS/c1-4-14(6-5-7-15-10-14)13(18)17(3)9-12-8-16-11(2)19-12/h8,15H,4-7,9-10H2,1-3H3. The molecule has 0 saturated carbocycles. The van der Waals surface area contributed by atoms with E-state index in [1.54, 1.807) is 11.3 Å². The van der Waals surface area contributed by atoms with Crippen LogP contribution in [0.1, 0.15) is 36.1 Å². The highest BCUT2D eigenvalue weighted by molar-refractivity contribution is 7.11. The first kappa shape index (κ1) is 14.5. The number of hydrogen-bond acceptors (Lipinski definition) is 4. The molecule has 1 saturated heterocycles. The number of nitrogens with one attached hydrogen (secondary N) is 1. The van der Waals surface area contributed by atoms with E-state index in [2.05, 4.69) is 17.2 Å². The van der Waals surface area contributed by atoms with E-state index in [1.165, 1.54) is 0 Å². The van der Waals surface area contributed by atoms with Gasteiger partial charge in [0.1, 0.15) is 0 Å². The van der Waals surface area contributed by atoms with Crippen LogP contribution in [0, 0.1) is 12.3 Å². The predicted octanol–water partition coefficient (Wildman–Crippen LogP) is 2.19. The molecule has 4 nitrogen and oxygen atoms in total. The summed E-state index contributed by atoms with van der Waals surface area (Å²) < 4.78 is 0. The molecule has 1 amide bonds. The van der Waals surface area contributed by atoms with Gasteiger partial charge in [-0.15, -0.1) is 11.3 Å². The first-order valence-corrected chi connectivity index (χ1v) is 7.76. The SMILES string of the molecule is CCC1(C(=O)N(C)Cc2cnc(C)s2)CCCNC1. The van der Waals surface area contributed by atoms with Gasteiger partial charge in [0.2, 0.25) is 5.91 Å². The van der Waals surface area contributed by atoms with Crippen molar-refractivity contribution >= 4 is 17.2 Å². The monoisotopic (exact) mass is 281 g/mol. The lowest BCUT2D eigenvalue weighted by Crippen LogP contribution is -2.50. The summed E-state index contributed by atoms with van der Waals surface area (Å²) in [7, 11) is 1.91. The number of piperidine rings is 1. The summed E-state index contributed by atoms with van der Waals surface area (Å²) in [5.41, 5.74) is -0.202. The zero-order valence-electron chi connectivity index (χ0n) is 12.0.